The summed E-state index contributed by atoms with van der Waals surface area (Å²) in [6.07, 6.45) is 0. The van der Waals surface area contributed by atoms with Crippen molar-refractivity contribution in [2.24, 2.45) is 0 Å². The van der Waals surface area contributed by atoms with E-state index in [0.29, 0.717) is 0 Å². The lowest BCUT2D eigenvalue weighted by Gasteiger charge is -2.34. The van der Waals surface area contributed by atoms with Gasteiger partial charge < -0.3 is 0 Å². The van der Waals surface area contributed by atoms with Gasteiger partial charge in [-0.05, 0) is 36.4 Å². The quantitative estimate of drug-likeness (QED) is 0.593. The van der Waals surface area contributed by atoms with E-state index < -0.39 is 0 Å². The molecule has 0 aliphatic rings. The average molecular weight is 256 g/mol. The molecule has 0 fully saturated rings. The molecular formula is C18H15BN+. The Bertz CT molecular complexity index is 569. The van der Waals surface area contributed by atoms with Crippen LogP contribution in [0.1, 0.15) is 0 Å². The molecule has 1 nitrogen and oxygen atoms in total. The minimum Gasteiger partial charge on any atom is -0.298 e. The van der Waals surface area contributed by atoms with Gasteiger partial charge in [-0.1, -0.05) is 54.6 Å². The molecule has 2 radical (unpaired) electrons. The van der Waals surface area contributed by atoms with Crippen LogP contribution in [0.4, 0.5) is 17.1 Å². The molecule has 0 heterocycles. The second-order valence-electron chi connectivity index (χ2n) is 4.73. The van der Waals surface area contributed by atoms with Crippen LogP contribution < -0.4 is 4.39 Å². The molecule has 0 saturated heterocycles. The van der Waals surface area contributed by atoms with Crippen LogP contribution in [0.2, 0.25) is 0 Å². The SMILES string of the molecule is [B][N+](c1ccccc1)(c1ccccc1)c1ccccc1. The van der Waals surface area contributed by atoms with E-state index in [0.717, 1.165) is 17.1 Å². The van der Waals surface area contributed by atoms with Crippen LogP contribution in [0, 0.1) is 0 Å². The second-order valence-corrected chi connectivity index (χ2v) is 4.73. The number of hydrogen-bond donors (Lipinski definition) is 0. The normalized spacial score (nSPS) is 11.2. The third-order valence-corrected chi connectivity index (χ3v) is 3.49. The summed E-state index contributed by atoms with van der Waals surface area (Å²) in [6, 6.07) is 30.4. The summed E-state index contributed by atoms with van der Waals surface area (Å²) in [5.74, 6) is 0. The van der Waals surface area contributed by atoms with Crippen molar-refractivity contribution >= 4 is 25.0 Å². The van der Waals surface area contributed by atoms with Gasteiger partial charge in [0, 0.05) is 0 Å². The van der Waals surface area contributed by atoms with E-state index in [1.165, 1.54) is 0 Å². The van der Waals surface area contributed by atoms with Gasteiger partial charge in [-0.3, -0.25) is 4.39 Å². The number of para-hydroxylation sites is 3. The Balaban J connectivity index is 2.24. The van der Waals surface area contributed by atoms with Crippen molar-refractivity contribution < 1.29 is 0 Å². The van der Waals surface area contributed by atoms with Crippen molar-refractivity contribution in [1.82, 2.24) is 4.39 Å². The lowest BCUT2D eigenvalue weighted by Crippen LogP contribution is -2.35. The number of quaternary nitrogens is 1. The molecule has 0 aliphatic heterocycles. The fourth-order valence-electron chi connectivity index (χ4n) is 2.44. The predicted molar refractivity (Wildman–Crippen MR) is 86.2 cm³/mol. The lowest BCUT2D eigenvalue weighted by molar-refractivity contribution is 0.806. The van der Waals surface area contributed by atoms with E-state index in [4.69, 9.17) is 7.98 Å². The monoisotopic (exact) mass is 256 g/mol. The largest absolute Gasteiger partial charge is 0.498 e. The first-order chi connectivity index (χ1) is 9.82. The van der Waals surface area contributed by atoms with Crippen LogP contribution in [0.15, 0.2) is 91.0 Å². The van der Waals surface area contributed by atoms with Crippen LogP contribution in [-0.2, 0) is 0 Å². The fourth-order valence-corrected chi connectivity index (χ4v) is 2.44. The molecule has 3 rings (SSSR count). The Morgan fingerprint density at radius 1 is 0.450 bits per heavy atom. The molecule has 3 aromatic carbocycles. The smallest absolute Gasteiger partial charge is 0.298 e. The van der Waals surface area contributed by atoms with Gasteiger partial charge in [-0.15, -0.1) is 0 Å². The summed E-state index contributed by atoms with van der Waals surface area (Å²) in [6.45, 7) is 0. The molecule has 0 bridgehead atoms. The third-order valence-electron chi connectivity index (χ3n) is 3.49. The van der Waals surface area contributed by atoms with E-state index in [1.807, 2.05) is 54.6 Å². The Kier molecular flexibility index (Phi) is 3.40. The molecule has 0 saturated carbocycles. The molecule has 0 aromatic heterocycles. The summed E-state index contributed by atoms with van der Waals surface area (Å²) < 4.78 is 0.169. The predicted octanol–water partition coefficient (Wildman–Crippen LogP) is 4.74. The molecule has 0 amide bonds. The Morgan fingerprint density at radius 3 is 0.950 bits per heavy atom. The molecule has 3 aromatic rings. The Hall–Kier alpha value is -2.32. The molecule has 0 atom stereocenters. The molecular weight excluding hydrogens is 241 g/mol. The molecule has 0 N–H and O–H groups in total. The maximum atomic E-state index is 6.80. The maximum absolute atomic E-state index is 6.80. The number of hydrogen-bond acceptors (Lipinski definition) is 0. The number of benzene rings is 3. The third kappa shape index (κ3) is 2.15. The first kappa shape index (κ1) is 12.7. The van der Waals surface area contributed by atoms with Gasteiger partial charge in [0.05, 0.1) is 0 Å². The van der Waals surface area contributed by atoms with Crippen LogP contribution >= 0.6 is 0 Å². The van der Waals surface area contributed by atoms with Gasteiger partial charge >= 0.3 is 7.98 Å². The highest BCUT2D eigenvalue weighted by molar-refractivity contribution is 6.21. The van der Waals surface area contributed by atoms with Crippen molar-refractivity contribution in [3.63, 3.8) is 0 Å². The zero-order valence-electron chi connectivity index (χ0n) is 11.2. The standard InChI is InChI=1S/C18H15BN/c19-20(16-10-4-1-5-11-16,17-12-6-2-7-13-17)18-14-8-3-9-15-18/h1-15H/q+1. The second kappa shape index (κ2) is 5.36. The summed E-state index contributed by atoms with van der Waals surface area (Å²) in [7, 11) is 6.80. The van der Waals surface area contributed by atoms with Crippen LogP contribution in [0.25, 0.3) is 0 Å². The van der Waals surface area contributed by atoms with E-state index in [9.17, 15) is 0 Å². The zero-order valence-corrected chi connectivity index (χ0v) is 11.2. The van der Waals surface area contributed by atoms with Crippen molar-refractivity contribution in [2.75, 3.05) is 0 Å². The highest BCUT2D eigenvalue weighted by Gasteiger charge is 2.30. The molecule has 20 heavy (non-hydrogen) atoms. The van der Waals surface area contributed by atoms with Crippen molar-refractivity contribution in [2.45, 2.75) is 0 Å². The summed E-state index contributed by atoms with van der Waals surface area (Å²) in [5, 5.41) is 0. The fraction of sp³-hybridized carbons (Fsp3) is 0. The van der Waals surface area contributed by atoms with Crippen molar-refractivity contribution in [3.8, 4) is 0 Å². The molecule has 2 heteroatoms. The average Bonchev–Trinajstić information content (AvgIpc) is 2.56. The topological polar surface area (TPSA) is 0 Å². The number of nitrogens with zero attached hydrogens (tertiary/aromatic N) is 1. The summed E-state index contributed by atoms with van der Waals surface area (Å²) in [4.78, 5) is 0. The van der Waals surface area contributed by atoms with Gasteiger partial charge in [-0.25, -0.2) is 0 Å². The van der Waals surface area contributed by atoms with Crippen LogP contribution in [-0.4, -0.2) is 7.98 Å². The van der Waals surface area contributed by atoms with Gasteiger partial charge in [-0.2, -0.15) is 0 Å². The maximum Gasteiger partial charge on any atom is 0.498 e. The van der Waals surface area contributed by atoms with Gasteiger partial charge in [0.1, 0.15) is 17.1 Å². The number of rotatable bonds is 3. The van der Waals surface area contributed by atoms with Crippen LogP contribution in [0.5, 0.6) is 0 Å². The van der Waals surface area contributed by atoms with Crippen molar-refractivity contribution in [1.29, 1.82) is 0 Å². The van der Waals surface area contributed by atoms with Crippen molar-refractivity contribution in [3.05, 3.63) is 91.0 Å². The summed E-state index contributed by atoms with van der Waals surface area (Å²) >= 11 is 0. The van der Waals surface area contributed by atoms with E-state index >= 15 is 0 Å². The van der Waals surface area contributed by atoms with Gasteiger partial charge in [0.2, 0.25) is 0 Å². The molecule has 0 aliphatic carbocycles. The van der Waals surface area contributed by atoms with Gasteiger partial charge in [0.15, 0.2) is 0 Å². The van der Waals surface area contributed by atoms with Crippen LogP contribution in [0.3, 0.4) is 0 Å². The zero-order chi connectivity index (χ0) is 13.8. The molecule has 0 unspecified atom stereocenters. The molecule has 0 spiro atoms. The Morgan fingerprint density at radius 2 is 0.700 bits per heavy atom. The first-order valence-corrected chi connectivity index (χ1v) is 6.66. The Labute approximate surface area is 121 Å². The minimum absolute atomic E-state index is 0.169. The molecule has 94 valence electrons. The minimum atomic E-state index is 0.169. The van der Waals surface area contributed by atoms with E-state index in [2.05, 4.69) is 36.4 Å². The summed E-state index contributed by atoms with van der Waals surface area (Å²) in [5.41, 5.74) is 3.10. The van der Waals surface area contributed by atoms with E-state index in [-0.39, 0.29) is 4.39 Å². The van der Waals surface area contributed by atoms with E-state index in [1.54, 1.807) is 0 Å². The highest BCUT2D eigenvalue weighted by atomic mass is 15.3. The lowest BCUT2D eigenvalue weighted by atomic mass is 10.0. The van der Waals surface area contributed by atoms with Gasteiger partial charge in [0.25, 0.3) is 0 Å². The highest BCUT2D eigenvalue weighted by Crippen LogP contribution is 2.40. The first-order valence-electron chi connectivity index (χ1n) is 6.66.